The Morgan fingerprint density at radius 2 is 2.00 bits per heavy atom. The lowest BCUT2D eigenvalue weighted by atomic mass is 10.1. The number of hydrogen-bond acceptors (Lipinski definition) is 5. The van der Waals surface area contributed by atoms with Gasteiger partial charge in [0.2, 0.25) is 0 Å². The number of nitrogens with zero attached hydrogens (tertiary/aromatic N) is 2. The molecule has 0 aliphatic rings. The van der Waals surface area contributed by atoms with Crippen molar-refractivity contribution in [1.82, 2.24) is 9.97 Å². The van der Waals surface area contributed by atoms with Gasteiger partial charge in [-0.05, 0) is 25.1 Å². The van der Waals surface area contributed by atoms with Gasteiger partial charge in [0, 0.05) is 25.3 Å². The number of benzene rings is 1. The minimum absolute atomic E-state index is 0.205. The first-order valence-electron chi connectivity index (χ1n) is 6.62. The lowest BCUT2D eigenvalue weighted by molar-refractivity contribution is 0.178. The van der Waals surface area contributed by atoms with Crippen molar-refractivity contribution >= 4 is 5.82 Å². The standard InChI is InChI=1S/C15H18FN3O2/c1-4-17-14-8-12(18-15(19-14)9-20-2)10-5-6-13(21-3)11(16)7-10/h5-8H,4,9H2,1-3H3,(H,17,18,19). The Labute approximate surface area is 123 Å². The number of hydrogen-bond donors (Lipinski definition) is 1. The minimum atomic E-state index is -0.424. The van der Waals surface area contributed by atoms with Gasteiger partial charge in [-0.2, -0.15) is 0 Å². The maximum absolute atomic E-state index is 13.8. The van der Waals surface area contributed by atoms with Gasteiger partial charge in [-0.25, -0.2) is 14.4 Å². The molecule has 0 fully saturated rings. The summed E-state index contributed by atoms with van der Waals surface area (Å²) in [5.74, 6) is 1.01. The summed E-state index contributed by atoms with van der Waals surface area (Å²) in [6, 6.07) is 6.52. The van der Waals surface area contributed by atoms with Gasteiger partial charge in [0.25, 0.3) is 0 Å². The van der Waals surface area contributed by atoms with E-state index in [1.165, 1.54) is 13.2 Å². The third-order valence-corrected chi connectivity index (χ3v) is 2.85. The summed E-state index contributed by atoms with van der Waals surface area (Å²) in [4.78, 5) is 8.72. The molecule has 0 spiro atoms. The topological polar surface area (TPSA) is 56.3 Å². The van der Waals surface area contributed by atoms with E-state index in [-0.39, 0.29) is 5.75 Å². The van der Waals surface area contributed by atoms with Gasteiger partial charge in [-0.15, -0.1) is 0 Å². The molecular weight excluding hydrogens is 273 g/mol. The van der Waals surface area contributed by atoms with Crippen molar-refractivity contribution < 1.29 is 13.9 Å². The molecule has 1 aromatic carbocycles. The summed E-state index contributed by atoms with van der Waals surface area (Å²) in [7, 11) is 3.01. The molecule has 2 aromatic rings. The van der Waals surface area contributed by atoms with Crippen molar-refractivity contribution in [2.75, 3.05) is 26.1 Å². The van der Waals surface area contributed by atoms with Gasteiger partial charge in [0.15, 0.2) is 17.4 Å². The molecule has 0 radical (unpaired) electrons. The Bertz CT molecular complexity index is 596. The second-order valence-corrected chi connectivity index (χ2v) is 4.37. The fraction of sp³-hybridized carbons (Fsp3) is 0.333. The summed E-state index contributed by atoms with van der Waals surface area (Å²) >= 11 is 0. The Morgan fingerprint density at radius 3 is 2.62 bits per heavy atom. The molecule has 1 aromatic heterocycles. The van der Waals surface area contributed by atoms with Crippen LogP contribution in [0.4, 0.5) is 10.2 Å². The first kappa shape index (κ1) is 15.2. The monoisotopic (exact) mass is 291 g/mol. The van der Waals surface area contributed by atoms with Crippen LogP contribution in [0.2, 0.25) is 0 Å². The SMILES string of the molecule is CCNc1cc(-c2ccc(OC)c(F)c2)nc(COC)n1. The van der Waals surface area contributed by atoms with Crippen LogP contribution in [0.15, 0.2) is 24.3 Å². The first-order chi connectivity index (χ1) is 10.2. The highest BCUT2D eigenvalue weighted by atomic mass is 19.1. The maximum Gasteiger partial charge on any atom is 0.165 e. The third-order valence-electron chi connectivity index (χ3n) is 2.85. The third kappa shape index (κ3) is 3.66. The van der Waals surface area contributed by atoms with E-state index in [9.17, 15) is 4.39 Å². The molecule has 0 atom stereocenters. The predicted octanol–water partition coefficient (Wildman–Crippen LogP) is 2.87. The Balaban J connectivity index is 2.43. The molecule has 6 heteroatoms. The van der Waals surface area contributed by atoms with Gasteiger partial charge in [-0.3, -0.25) is 0 Å². The number of ether oxygens (including phenoxy) is 2. The fourth-order valence-corrected chi connectivity index (χ4v) is 1.94. The summed E-state index contributed by atoms with van der Waals surface area (Å²) in [6.45, 7) is 3.01. The molecule has 0 saturated heterocycles. The normalized spacial score (nSPS) is 10.5. The average molecular weight is 291 g/mol. The average Bonchev–Trinajstić information content (AvgIpc) is 2.47. The number of aromatic nitrogens is 2. The second-order valence-electron chi connectivity index (χ2n) is 4.37. The lowest BCUT2D eigenvalue weighted by Crippen LogP contribution is -2.05. The zero-order chi connectivity index (χ0) is 15.2. The van der Waals surface area contributed by atoms with Crippen LogP contribution in [0, 0.1) is 5.82 Å². The minimum Gasteiger partial charge on any atom is -0.494 e. The van der Waals surface area contributed by atoms with Crippen LogP contribution < -0.4 is 10.1 Å². The molecule has 0 aliphatic heterocycles. The van der Waals surface area contributed by atoms with E-state index in [0.29, 0.717) is 29.5 Å². The van der Waals surface area contributed by atoms with Crippen LogP contribution in [0.1, 0.15) is 12.7 Å². The lowest BCUT2D eigenvalue weighted by Gasteiger charge is -2.09. The van der Waals surface area contributed by atoms with E-state index < -0.39 is 5.82 Å². The molecular formula is C15H18FN3O2. The van der Waals surface area contributed by atoms with Gasteiger partial charge >= 0.3 is 0 Å². The zero-order valence-electron chi connectivity index (χ0n) is 12.3. The van der Waals surface area contributed by atoms with Crippen molar-refractivity contribution in [2.45, 2.75) is 13.5 Å². The van der Waals surface area contributed by atoms with Crippen LogP contribution in [0.3, 0.4) is 0 Å². The Morgan fingerprint density at radius 1 is 1.19 bits per heavy atom. The van der Waals surface area contributed by atoms with Crippen LogP contribution in [0.25, 0.3) is 11.3 Å². The van der Waals surface area contributed by atoms with E-state index in [0.717, 1.165) is 6.54 Å². The highest BCUT2D eigenvalue weighted by Crippen LogP contribution is 2.25. The van der Waals surface area contributed by atoms with Crippen molar-refractivity contribution in [3.8, 4) is 17.0 Å². The number of methoxy groups -OCH3 is 2. The van der Waals surface area contributed by atoms with Crippen LogP contribution in [0.5, 0.6) is 5.75 Å². The summed E-state index contributed by atoms with van der Waals surface area (Å²) in [5.41, 5.74) is 1.29. The molecule has 21 heavy (non-hydrogen) atoms. The van der Waals surface area contributed by atoms with Crippen LogP contribution in [-0.4, -0.2) is 30.7 Å². The number of anilines is 1. The molecule has 1 heterocycles. The Hall–Kier alpha value is -2.21. The summed E-state index contributed by atoms with van der Waals surface area (Å²) in [5, 5.41) is 3.13. The maximum atomic E-state index is 13.8. The van der Waals surface area contributed by atoms with E-state index >= 15 is 0 Å². The summed E-state index contributed by atoms with van der Waals surface area (Å²) in [6.07, 6.45) is 0. The Kier molecular flexibility index (Phi) is 5.05. The molecule has 0 amide bonds. The second kappa shape index (κ2) is 6.99. The number of rotatable bonds is 6. The highest BCUT2D eigenvalue weighted by Gasteiger charge is 2.09. The molecule has 0 aliphatic carbocycles. The smallest absolute Gasteiger partial charge is 0.165 e. The van der Waals surface area contributed by atoms with E-state index in [4.69, 9.17) is 9.47 Å². The largest absolute Gasteiger partial charge is 0.494 e. The fourth-order valence-electron chi connectivity index (χ4n) is 1.94. The van der Waals surface area contributed by atoms with Crippen molar-refractivity contribution in [3.05, 3.63) is 35.9 Å². The molecule has 112 valence electrons. The van der Waals surface area contributed by atoms with Crippen molar-refractivity contribution in [2.24, 2.45) is 0 Å². The van der Waals surface area contributed by atoms with E-state index in [1.807, 2.05) is 6.92 Å². The zero-order valence-corrected chi connectivity index (χ0v) is 12.3. The molecule has 0 unspecified atom stereocenters. The van der Waals surface area contributed by atoms with E-state index in [1.54, 1.807) is 25.3 Å². The van der Waals surface area contributed by atoms with E-state index in [2.05, 4.69) is 15.3 Å². The van der Waals surface area contributed by atoms with Crippen molar-refractivity contribution in [3.63, 3.8) is 0 Å². The summed E-state index contributed by atoms with van der Waals surface area (Å²) < 4.78 is 23.8. The quantitative estimate of drug-likeness (QED) is 0.887. The highest BCUT2D eigenvalue weighted by molar-refractivity contribution is 5.63. The van der Waals surface area contributed by atoms with Gasteiger partial charge in [0.1, 0.15) is 12.4 Å². The van der Waals surface area contributed by atoms with Crippen molar-refractivity contribution in [1.29, 1.82) is 0 Å². The first-order valence-corrected chi connectivity index (χ1v) is 6.62. The number of halogens is 1. The molecule has 5 nitrogen and oxygen atoms in total. The molecule has 0 bridgehead atoms. The molecule has 0 saturated carbocycles. The van der Waals surface area contributed by atoms with Gasteiger partial charge < -0.3 is 14.8 Å². The molecule has 2 rings (SSSR count). The van der Waals surface area contributed by atoms with Gasteiger partial charge in [-0.1, -0.05) is 0 Å². The van der Waals surface area contributed by atoms with Crippen LogP contribution >= 0.6 is 0 Å². The predicted molar refractivity (Wildman–Crippen MR) is 78.9 cm³/mol. The number of nitrogens with one attached hydrogen (secondary N) is 1. The van der Waals surface area contributed by atoms with Crippen LogP contribution in [-0.2, 0) is 11.3 Å². The molecule has 1 N–H and O–H groups in total. The van der Waals surface area contributed by atoms with Gasteiger partial charge in [0.05, 0.1) is 12.8 Å².